The molecule has 7 heteroatoms. The van der Waals surface area contributed by atoms with Crippen molar-refractivity contribution in [3.05, 3.63) is 51.5 Å². The molecular formula is C24H35BrN2O3S. The lowest BCUT2D eigenvalue weighted by atomic mass is 9.71. The molecule has 0 heterocycles. The Morgan fingerprint density at radius 3 is 2.19 bits per heavy atom. The van der Waals surface area contributed by atoms with Gasteiger partial charge in [-0.25, -0.2) is 13.1 Å². The molecular weight excluding hydrogens is 476 g/mol. The number of rotatable bonds is 8. The Hall–Kier alpha value is -1.44. The minimum atomic E-state index is -3.92. The van der Waals surface area contributed by atoms with Crippen molar-refractivity contribution in [2.24, 2.45) is 23.7 Å². The number of sulfonamides is 1. The van der Waals surface area contributed by atoms with Gasteiger partial charge in [0, 0.05) is 13.0 Å². The molecule has 1 aliphatic carbocycles. The van der Waals surface area contributed by atoms with Crippen molar-refractivity contribution in [3.63, 3.8) is 0 Å². The predicted molar refractivity (Wildman–Crippen MR) is 130 cm³/mol. The van der Waals surface area contributed by atoms with Crippen molar-refractivity contribution >= 4 is 31.9 Å². The number of hydrogen-bond donors (Lipinski definition) is 1. The van der Waals surface area contributed by atoms with Crippen LogP contribution in [-0.2, 0) is 21.4 Å². The first-order valence-electron chi connectivity index (χ1n) is 10.7. The summed E-state index contributed by atoms with van der Waals surface area (Å²) in [5, 5.41) is 0. The van der Waals surface area contributed by atoms with E-state index in [2.05, 4.69) is 61.3 Å². The summed E-state index contributed by atoms with van der Waals surface area (Å²) in [6.07, 6.45) is 2.18. The maximum absolute atomic E-state index is 12.9. The van der Waals surface area contributed by atoms with Crippen LogP contribution in [0.4, 0.5) is 0 Å². The molecule has 1 aliphatic rings. The second-order valence-electron chi connectivity index (χ2n) is 9.31. The van der Waals surface area contributed by atoms with E-state index >= 15 is 0 Å². The highest BCUT2D eigenvalue weighted by atomic mass is 79.9. The second-order valence-corrected chi connectivity index (χ2v) is 11.9. The van der Waals surface area contributed by atoms with Crippen LogP contribution in [0.1, 0.15) is 46.6 Å². The molecule has 0 aliphatic heterocycles. The predicted octanol–water partition coefficient (Wildman–Crippen LogP) is 5.10. The molecule has 0 spiro atoms. The lowest BCUT2D eigenvalue weighted by Gasteiger charge is -2.36. The maximum atomic E-state index is 12.9. The summed E-state index contributed by atoms with van der Waals surface area (Å²) in [4.78, 5) is 15.0. The van der Waals surface area contributed by atoms with Crippen LogP contribution < -0.4 is 4.72 Å². The lowest BCUT2D eigenvalue weighted by molar-refractivity contribution is -0.118. The fourth-order valence-corrected chi connectivity index (χ4v) is 5.85. The quantitative estimate of drug-likeness (QED) is 0.528. The molecule has 0 saturated carbocycles. The van der Waals surface area contributed by atoms with Gasteiger partial charge in [-0.3, -0.25) is 4.79 Å². The summed E-state index contributed by atoms with van der Waals surface area (Å²) >= 11 is 3.69. The summed E-state index contributed by atoms with van der Waals surface area (Å²) in [7, 11) is -0.00843. The smallest absolute Gasteiger partial charge is 0.264 e. The van der Waals surface area contributed by atoms with Gasteiger partial charge < -0.3 is 4.90 Å². The third-order valence-electron chi connectivity index (χ3n) is 5.71. The second kappa shape index (κ2) is 10.5. The third kappa shape index (κ3) is 6.53. The van der Waals surface area contributed by atoms with Gasteiger partial charge in [0.15, 0.2) is 0 Å². The van der Waals surface area contributed by atoms with Crippen LogP contribution in [0.15, 0.2) is 50.9 Å². The Bertz CT molecular complexity index is 961. The Balaban J connectivity index is 2.26. The lowest BCUT2D eigenvalue weighted by Crippen LogP contribution is -2.34. The molecule has 0 aromatic heterocycles. The fraction of sp³-hybridized carbons (Fsp3) is 0.542. The number of benzene rings is 1. The van der Waals surface area contributed by atoms with E-state index in [1.807, 2.05) is 19.0 Å². The van der Waals surface area contributed by atoms with Gasteiger partial charge in [0.25, 0.3) is 10.0 Å². The van der Waals surface area contributed by atoms with Crippen molar-refractivity contribution in [2.75, 3.05) is 14.1 Å². The number of allylic oxidation sites excluding steroid dienone is 3. The van der Waals surface area contributed by atoms with Gasteiger partial charge in [-0.15, -0.1) is 0 Å². The van der Waals surface area contributed by atoms with Crippen LogP contribution in [0.5, 0.6) is 0 Å². The molecule has 1 aromatic rings. The standard InChI is InChI=1S/C24H35BrN2O3S/c1-15(2)20-12-22(25)17(5)24(16(3)4)21(20)13-23(28)26-31(29,30)19-10-8-18(9-11-19)14-27(6)7/h8-12,15-17,24H,13-14H2,1-7H3,(H,26,28). The van der Waals surface area contributed by atoms with E-state index in [9.17, 15) is 13.2 Å². The first kappa shape index (κ1) is 25.8. The minimum absolute atomic E-state index is 0.0788. The summed E-state index contributed by atoms with van der Waals surface area (Å²) in [6, 6.07) is 6.65. The van der Waals surface area contributed by atoms with Crippen molar-refractivity contribution in [2.45, 2.75) is 52.5 Å². The molecule has 2 atom stereocenters. The van der Waals surface area contributed by atoms with Crippen molar-refractivity contribution in [1.29, 1.82) is 0 Å². The van der Waals surface area contributed by atoms with Gasteiger partial charge >= 0.3 is 0 Å². The zero-order valence-corrected chi connectivity index (χ0v) is 22.0. The summed E-state index contributed by atoms with van der Waals surface area (Å²) < 4.78 is 29.0. The van der Waals surface area contributed by atoms with Crippen molar-refractivity contribution < 1.29 is 13.2 Å². The van der Waals surface area contributed by atoms with Crippen LogP contribution in [-0.4, -0.2) is 33.3 Å². The van der Waals surface area contributed by atoms with Crippen LogP contribution in [0.25, 0.3) is 0 Å². The Kier molecular flexibility index (Phi) is 8.70. The minimum Gasteiger partial charge on any atom is -0.305 e. The maximum Gasteiger partial charge on any atom is 0.264 e. The largest absolute Gasteiger partial charge is 0.305 e. The molecule has 31 heavy (non-hydrogen) atoms. The first-order chi connectivity index (χ1) is 14.3. The highest BCUT2D eigenvalue weighted by molar-refractivity contribution is 9.11. The average Bonchev–Trinajstić information content (AvgIpc) is 2.63. The van der Waals surface area contributed by atoms with E-state index < -0.39 is 15.9 Å². The molecule has 1 amide bonds. The number of halogens is 1. The molecule has 1 N–H and O–H groups in total. The zero-order chi connectivity index (χ0) is 23.5. The Labute approximate surface area is 196 Å². The highest BCUT2D eigenvalue weighted by Gasteiger charge is 2.34. The number of carbonyl (C=O) groups is 1. The number of amides is 1. The van der Waals surface area contributed by atoms with Gasteiger partial charge in [-0.05, 0) is 71.6 Å². The molecule has 2 unspecified atom stereocenters. The van der Waals surface area contributed by atoms with E-state index in [0.29, 0.717) is 5.92 Å². The first-order valence-corrected chi connectivity index (χ1v) is 13.0. The number of nitrogens with one attached hydrogen (secondary N) is 1. The van der Waals surface area contributed by atoms with Crippen LogP contribution >= 0.6 is 15.9 Å². The van der Waals surface area contributed by atoms with Gasteiger partial charge in [0.1, 0.15) is 0 Å². The number of hydrogen-bond acceptors (Lipinski definition) is 4. The number of carbonyl (C=O) groups excluding carboxylic acids is 1. The van der Waals surface area contributed by atoms with Crippen molar-refractivity contribution in [1.82, 2.24) is 9.62 Å². The van der Waals surface area contributed by atoms with Crippen molar-refractivity contribution in [3.8, 4) is 0 Å². The van der Waals surface area contributed by atoms with Crippen LogP contribution in [0.3, 0.4) is 0 Å². The van der Waals surface area contributed by atoms with Gasteiger partial charge in [-0.1, -0.05) is 68.3 Å². The monoisotopic (exact) mass is 510 g/mol. The molecule has 0 saturated heterocycles. The van der Waals surface area contributed by atoms with Crippen LogP contribution in [0.2, 0.25) is 0 Å². The fourth-order valence-electron chi connectivity index (χ4n) is 4.33. The summed E-state index contributed by atoms with van der Waals surface area (Å²) in [5.41, 5.74) is 3.16. The summed E-state index contributed by atoms with van der Waals surface area (Å²) in [6.45, 7) is 11.4. The molecule has 2 rings (SSSR count). The van der Waals surface area contributed by atoms with Gasteiger partial charge in [0.05, 0.1) is 4.90 Å². The zero-order valence-electron chi connectivity index (χ0n) is 19.6. The molecule has 172 valence electrons. The van der Waals surface area contributed by atoms with E-state index in [1.165, 1.54) is 0 Å². The Morgan fingerprint density at radius 2 is 1.71 bits per heavy atom. The molecule has 0 radical (unpaired) electrons. The number of nitrogens with zero attached hydrogens (tertiary/aromatic N) is 1. The van der Waals surface area contributed by atoms with E-state index in [0.717, 1.165) is 27.7 Å². The van der Waals surface area contributed by atoms with Crippen LogP contribution in [0, 0.1) is 23.7 Å². The molecule has 0 bridgehead atoms. The Morgan fingerprint density at radius 1 is 1.13 bits per heavy atom. The van der Waals surface area contributed by atoms with Gasteiger partial charge in [0.2, 0.25) is 5.91 Å². The van der Waals surface area contributed by atoms with Gasteiger partial charge in [-0.2, -0.15) is 0 Å². The average molecular weight is 512 g/mol. The third-order valence-corrected chi connectivity index (χ3v) is 8.05. The van der Waals surface area contributed by atoms with E-state index in [1.54, 1.807) is 24.3 Å². The molecule has 5 nitrogen and oxygen atoms in total. The van der Waals surface area contributed by atoms with E-state index in [4.69, 9.17) is 0 Å². The highest BCUT2D eigenvalue weighted by Crippen LogP contribution is 2.44. The normalized spacial score (nSPS) is 19.9. The SMILES string of the molecule is CC(C)C1=C(CC(=O)NS(=O)(=O)c2ccc(CN(C)C)cc2)C(C(C)C)C(C)C(Br)=C1. The molecule has 1 aromatic carbocycles. The molecule has 0 fully saturated rings. The topological polar surface area (TPSA) is 66.5 Å². The van der Waals surface area contributed by atoms with E-state index in [-0.39, 0.29) is 29.1 Å². The summed E-state index contributed by atoms with van der Waals surface area (Å²) in [5.74, 6) is 0.495.